The largest absolute Gasteiger partial charge is 0.391 e. The van der Waals surface area contributed by atoms with Gasteiger partial charge in [-0.25, -0.2) is 4.98 Å². The van der Waals surface area contributed by atoms with Crippen molar-refractivity contribution in [1.29, 1.82) is 0 Å². The number of aromatic nitrogens is 2. The second-order valence-corrected chi connectivity index (χ2v) is 4.87. The zero-order chi connectivity index (χ0) is 13.8. The first-order valence-electron chi connectivity index (χ1n) is 6.58. The van der Waals surface area contributed by atoms with Crippen LogP contribution in [0.1, 0.15) is 36.2 Å². The van der Waals surface area contributed by atoms with Crippen LogP contribution in [0.4, 0.5) is 5.82 Å². The van der Waals surface area contributed by atoms with E-state index in [1.54, 1.807) is 25.2 Å². The third-order valence-electron chi connectivity index (χ3n) is 3.62. The number of rotatable bonds is 3. The van der Waals surface area contributed by atoms with E-state index in [4.69, 9.17) is 0 Å². The highest BCUT2D eigenvalue weighted by molar-refractivity contribution is 5.92. The maximum Gasteiger partial charge on any atom is 0.274 e. The normalized spacial score (nSPS) is 22.9. The van der Waals surface area contributed by atoms with E-state index in [0.717, 1.165) is 25.7 Å². The van der Waals surface area contributed by atoms with E-state index in [0.29, 0.717) is 11.5 Å². The monoisotopic (exact) mass is 264 g/mol. The molecule has 0 bridgehead atoms. The number of carbonyl (C=O) groups excluding carboxylic acids is 1. The van der Waals surface area contributed by atoms with Gasteiger partial charge in [0, 0.05) is 14.1 Å². The van der Waals surface area contributed by atoms with E-state index in [9.17, 15) is 9.90 Å². The van der Waals surface area contributed by atoms with E-state index in [1.165, 1.54) is 6.20 Å². The predicted molar refractivity (Wildman–Crippen MR) is 71.9 cm³/mol. The zero-order valence-corrected chi connectivity index (χ0v) is 11.3. The average molecular weight is 264 g/mol. The van der Waals surface area contributed by atoms with Crippen molar-refractivity contribution in [2.75, 3.05) is 19.4 Å². The van der Waals surface area contributed by atoms with Gasteiger partial charge in [0.1, 0.15) is 11.5 Å². The second-order valence-electron chi connectivity index (χ2n) is 4.87. The lowest BCUT2D eigenvalue weighted by Gasteiger charge is -2.34. The SMILES string of the molecule is CNc1cncc(C(=O)N(C)C2CCCCC2O)n1. The molecule has 0 spiro atoms. The lowest BCUT2D eigenvalue weighted by molar-refractivity contribution is 0.0264. The number of carbonyl (C=O) groups is 1. The second kappa shape index (κ2) is 5.97. The molecule has 1 fully saturated rings. The predicted octanol–water partition coefficient (Wildman–Crippen LogP) is 0.894. The minimum Gasteiger partial charge on any atom is -0.391 e. The van der Waals surface area contributed by atoms with Crippen LogP contribution in [0, 0.1) is 0 Å². The Morgan fingerprint density at radius 3 is 2.84 bits per heavy atom. The number of aliphatic hydroxyl groups is 1. The Bertz CT molecular complexity index is 452. The van der Waals surface area contributed by atoms with Crippen molar-refractivity contribution in [3.63, 3.8) is 0 Å². The summed E-state index contributed by atoms with van der Waals surface area (Å²) in [5.74, 6) is 0.360. The first kappa shape index (κ1) is 13.7. The van der Waals surface area contributed by atoms with Crippen molar-refractivity contribution < 1.29 is 9.90 Å². The van der Waals surface area contributed by atoms with Gasteiger partial charge in [-0.3, -0.25) is 9.78 Å². The highest BCUT2D eigenvalue weighted by Crippen LogP contribution is 2.23. The number of nitrogens with one attached hydrogen (secondary N) is 1. The van der Waals surface area contributed by atoms with Crippen LogP contribution in [0.15, 0.2) is 12.4 Å². The van der Waals surface area contributed by atoms with Gasteiger partial charge >= 0.3 is 0 Å². The van der Waals surface area contributed by atoms with E-state index < -0.39 is 6.10 Å². The summed E-state index contributed by atoms with van der Waals surface area (Å²) in [6.07, 6.45) is 6.23. The minimum absolute atomic E-state index is 0.124. The molecular formula is C13H20N4O2. The fraction of sp³-hybridized carbons (Fsp3) is 0.615. The Hall–Kier alpha value is -1.69. The summed E-state index contributed by atoms with van der Waals surface area (Å²) in [5, 5.41) is 12.8. The molecule has 6 nitrogen and oxygen atoms in total. The van der Waals surface area contributed by atoms with Gasteiger partial charge < -0.3 is 15.3 Å². The first-order valence-corrected chi connectivity index (χ1v) is 6.58. The topological polar surface area (TPSA) is 78.4 Å². The van der Waals surface area contributed by atoms with Crippen molar-refractivity contribution in [3.8, 4) is 0 Å². The van der Waals surface area contributed by atoms with Crippen molar-refractivity contribution in [2.45, 2.75) is 37.8 Å². The molecule has 2 unspecified atom stereocenters. The van der Waals surface area contributed by atoms with Crippen molar-refractivity contribution >= 4 is 11.7 Å². The van der Waals surface area contributed by atoms with Gasteiger partial charge in [-0.2, -0.15) is 0 Å². The van der Waals surface area contributed by atoms with Gasteiger partial charge in [0.05, 0.1) is 24.5 Å². The molecule has 1 saturated carbocycles. The standard InChI is InChI=1S/C13H20N4O2/c1-14-12-8-15-7-9(16-12)13(19)17(2)10-5-3-4-6-11(10)18/h7-8,10-11,18H,3-6H2,1-2H3,(H,14,16). The van der Waals surface area contributed by atoms with Crippen LogP contribution in [0.2, 0.25) is 0 Å². The third kappa shape index (κ3) is 3.01. The molecule has 6 heteroatoms. The molecule has 19 heavy (non-hydrogen) atoms. The van der Waals surface area contributed by atoms with Crippen molar-refractivity contribution in [3.05, 3.63) is 18.1 Å². The fourth-order valence-corrected chi connectivity index (χ4v) is 2.46. The van der Waals surface area contributed by atoms with Crippen LogP contribution >= 0.6 is 0 Å². The van der Waals surface area contributed by atoms with Crippen LogP contribution < -0.4 is 5.32 Å². The molecule has 1 aliphatic rings. The van der Waals surface area contributed by atoms with Gasteiger partial charge in [-0.1, -0.05) is 12.8 Å². The lowest BCUT2D eigenvalue weighted by Crippen LogP contribution is -2.46. The molecule has 0 saturated heterocycles. The highest BCUT2D eigenvalue weighted by Gasteiger charge is 2.30. The zero-order valence-electron chi connectivity index (χ0n) is 11.3. The van der Waals surface area contributed by atoms with Crippen LogP contribution in [0.3, 0.4) is 0 Å². The molecule has 0 radical (unpaired) electrons. The number of nitrogens with zero attached hydrogens (tertiary/aromatic N) is 3. The summed E-state index contributed by atoms with van der Waals surface area (Å²) in [7, 11) is 3.45. The molecule has 1 aromatic heterocycles. The van der Waals surface area contributed by atoms with Crippen LogP contribution in [-0.4, -0.2) is 52.1 Å². The number of aliphatic hydroxyl groups excluding tert-OH is 1. The summed E-state index contributed by atoms with van der Waals surface area (Å²) in [5.41, 5.74) is 0.298. The van der Waals surface area contributed by atoms with Gasteiger partial charge in [0.15, 0.2) is 0 Å². The summed E-state index contributed by atoms with van der Waals surface area (Å²) in [4.78, 5) is 22.1. The highest BCUT2D eigenvalue weighted by atomic mass is 16.3. The molecule has 1 heterocycles. The van der Waals surface area contributed by atoms with Crippen LogP contribution in [0.25, 0.3) is 0 Å². The third-order valence-corrected chi connectivity index (χ3v) is 3.62. The smallest absolute Gasteiger partial charge is 0.274 e. The van der Waals surface area contributed by atoms with Gasteiger partial charge in [-0.05, 0) is 12.8 Å². The molecule has 1 aliphatic carbocycles. The summed E-state index contributed by atoms with van der Waals surface area (Å²) < 4.78 is 0. The molecule has 1 amide bonds. The number of hydrogen-bond acceptors (Lipinski definition) is 5. The van der Waals surface area contributed by atoms with Crippen LogP contribution in [0.5, 0.6) is 0 Å². The molecule has 2 atom stereocenters. The molecule has 1 aromatic rings. The molecule has 0 aliphatic heterocycles. The van der Waals surface area contributed by atoms with Gasteiger partial charge in [0.25, 0.3) is 5.91 Å². The Morgan fingerprint density at radius 2 is 2.16 bits per heavy atom. The maximum absolute atomic E-state index is 12.3. The summed E-state index contributed by atoms with van der Waals surface area (Å²) >= 11 is 0. The molecular weight excluding hydrogens is 244 g/mol. The van der Waals surface area contributed by atoms with Crippen molar-refractivity contribution in [2.24, 2.45) is 0 Å². The molecule has 104 valence electrons. The quantitative estimate of drug-likeness (QED) is 0.848. The Balaban J connectivity index is 2.13. The summed E-state index contributed by atoms with van der Waals surface area (Å²) in [6, 6.07) is -0.124. The Morgan fingerprint density at radius 1 is 1.42 bits per heavy atom. The van der Waals surface area contributed by atoms with Gasteiger partial charge in [0.2, 0.25) is 0 Å². The number of anilines is 1. The molecule has 2 rings (SSSR count). The lowest BCUT2D eigenvalue weighted by atomic mass is 9.91. The number of amides is 1. The first-order chi connectivity index (χ1) is 9.13. The molecule has 2 N–H and O–H groups in total. The van der Waals surface area contributed by atoms with Gasteiger partial charge in [-0.15, -0.1) is 0 Å². The molecule has 0 aromatic carbocycles. The Labute approximate surface area is 112 Å². The van der Waals surface area contributed by atoms with E-state index in [1.807, 2.05) is 0 Å². The summed E-state index contributed by atoms with van der Waals surface area (Å²) in [6.45, 7) is 0. The average Bonchev–Trinajstić information content (AvgIpc) is 2.46. The Kier molecular flexibility index (Phi) is 4.31. The van der Waals surface area contributed by atoms with E-state index >= 15 is 0 Å². The van der Waals surface area contributed by atoms with Crippen LogP contribution in [-0.2, 0) is 0 Å². The maximum atomic E-state index is 12.3. The number of hydrogen-bond donors (Lipinski definition) is 2. The van der Waals surface area contributed by atoms with Crippen molar-refractivity contribution in [1.82, 2.24) is 14.9 Å². The number of likely N-dealkylation sites (N-methyl/N-ethyl adjacent to an activating group) is 1. The minimum atomic E-state index is -0.442. The van der Waals surface area contributed by atoms with E-state index in [-0.39, 0.29) is 11.9 Å². The fourth-order valence-electron chi connectivity index (χ4n) is 2.46. The van der Waals surface area contributed by atoms with E-state index in [2.05, 4.69) is 15.3 Å².